The molecule has 0 atom stereocenters. The third kappa shape index (κ3) is 5.11. The van der Waals surface area contributed by atoms with E-state index in [4.69, 9.17) is 0 Å². The van der Waals surface area contributed by atoms with Crippen molar-refractivity contribution in [3.05, 3.63) is 70.0 Å². The minimum Gasteiger partial charge on any atom is -0.352 e. The van der Waals surface area contributed by atoms with Crippen LogP contribution in [0.15, 0.2) is 53.5 Å². The molecule has 7 heteroatoms. The lowest BCUT2D eigenvalue weighted by molar-refractivity contribution is -0.116. The van der Waals surface area contributed by atoms with Crippen molar-refractivity contribution in [2.75, 3.05) is 11.9 Å². The van der Waals surface area contributed by atoms with Gasteiger partial charge in [-0.25, -0.2) is 0 Å². The summed E-state index contributed by atoms with van der Waals surface area (Å²) in [7, 11) is 0. The predicted molar refractivity (Wildman–Crippen MR) is 118 cm³/mol. The van der Waals surface area contributed by atoms with Crippen LogP contribution < -0.4 is 16.1 Å². The summed E-state index contributed by atoms with van der Waals surface area (Å²) in [6.07, 6.45) is 1.48. The van der Waals surface area contributed by atoms with Crippen molar-refractivity contribution in [1.82, 2.24) is 15.1 Å². The molecule has 30 heavy (non-hydrogen) atoms. The average molecular weight is 406 g/mol. The molecule has 2 amide bonds. The minimum absolute atomic E-state index is 0.124. The van der Waals surface area contributed by atoms with Crippen LogP contribution in [-0.2, 0) is 11.3 Å². The summed E-state index contributed by atoms with van der Waals surface area (Å²) in [6, 6.07) is 12.4. The van der Waals surface area contributed by atoms with Crippen molar-refractivity contribution >= 4 is 28.4 Å². The molecule has 0 spiro atoms. The first kappa shape index (κ1) is 21.2. The number of fused-ring (bicyclic) bond motifs is 1. The highest BCUT2D eigenvalue weighted by Crippen LogP contribution is 2.17. The number of para-hydroxylation sites is 1. The lowest BCUT2D eigenvalue weighted by atomic mass is 10.1. The largest absolute Gasteiger partial charge is 0.352 e. The van der Waals surface area contributed by atoms with Crippen LogP contribution >= 0.6 is 0 Å². The molecule has 156 valence electrons. The summed E-state index contributed by atoms with van der Waals surface area (Å²) >= 11 is 0. The van der Waals surface area contributed by atoms with Gasteiger partial charge in [-0.15, -0.1) is 0 Å². The normalized spacial score (nSPS) is 10.9. The minimum atomic E-state index is -0.167. The fourth-order valence-electron chi connectivity index (χ4n) is 3.10. The zero-order chi connectivity index (χ0) is 21.7. The molecule has 0 aliphatic heterocycles. The lowest BCUT2D eigenvalue weighted by Crippen LogP contribution is -2.27. The van der Waals surface area contributed by atoms with Crippen molar-refractivity contribution < 1.29 is 9.59 Å². The predicted octanol–water partition coefficient (Wildman–Crippen LogP) is 3.12. The Labute approximate surface area is 175 Å². The molecule has 2 N–H and O–H groups in total. The van der Waals surface area contributed by atoms with Crippen LogP contribution in [0.3, 0.4) is 0 Å². The van der Waals surface area contributed by atoms with E-state index < -0.39 is 0 Å². The van der Waals surface area contributed by atoms with E-state index in [-0.39, 0.29) is 23.7 Å². The molecule has 0 saturated carbocycles. The number of rotatable bonds is 7. The van der Waals surface area contributed by atoms with E-state index in [1.807, 2.05) is 32.9 Å². The Morgan fingerprint density at radius 1 is 1.13 bits per heavy atom. The van der Waals surface area contributed by atoms with Gasteiger partial charge in [0.2, 0.25) is 11.3 Å². The van der Waals surface area contributed by atoms with Crippen LogP contribution in [0.5, 0.6) is 0 Å². The number of hydrogen-bond acceptors (Lipinski definition) is 4. The van der Waals surface area contributed by atoms with Gasteiger partial charge in [0.25, 0.3) is 5.91 Å². The second-order valence-corrected chi connectivity index (χ2v) is 7.68. The smallest absolute Gasteiger partial charge is 0.251 e. The molecule has 3 aromatic rings. The molecule has 1 heterocycles. The number of carbonyl (C=O) groups is 2. The van der Waals surface area contributed by atoms with Crippen molar-refractivity contribution in [2.24, 2.45) is 5.92 Å². The highest BCUT2D eigenvalue weighted by Gasteiger charge is 2.11. The second-order valence-electron chi connectivity index (χ2n) is 7.68. The van der Waals surface area contributed by atoms with Gasteiger partial charge < -0.3 is 10.6 Å². The van der Waals surface area contributed by atoms with Gasteiger partial charge in [-0.05, 0) is 48.7 Å². The van der Waals surface area contributed by atoms with E-state index in [1.54, 1.807) is 35.0 Å². The van der Waals surface area contributed by atoms with Crippen molar-refractivity contribution in [3.8, 4) is 0 Å². The van der Waals surface area contributed by atoms with E-state index >= 15 is 0 Å². The monoisotopic (exact) mass is 406 g/mol. The van der Waals surface area contributed by atoms with E-state index in [2.05, 4.69) is 15.7 Å². The Kier molecular flexibility index (Phi) is 6.61. The van der Waals surface area contributed by atoms with Gasteiger partial charge in [0.05, 0.1) is 18.3 Å². The number of nitrogens with one attached hydrogen (secondary N) is 2. The van der Waals surface area contributed by atoms with Crippen LogP contribution in [0, 0.1) is 12.8 Å². The maximum atomic E-state index is 12.4. The Morgan fingerprint density at radius 3 is 2.63 bits per heavy atom. The number of nitrogens with zero attached hydrogens (tertiary/aromatic N) is 2. The number of amides is 2. The van der Waals surface area contributed by atoms with Gasteiger partial charge >= 0.3 is 0 Å². The van der Waals surface area contributed by atoms with Crippen molar-refractivity contribution in [2.45, 2.75) is 33.7 Å². The fourth-order valence-corrected chi connectivity index (χ4v) is 3.10. The molecular formula is C23H26N4O3. The van der Waals surface area contributed by atoms with Crippen molar-refractivity contribution in [3.63, 3.8) is 0 Å². The van der Waals surface area contributed by atoms with E-state index in [1.165, 1.54) is 6.20 Å². The zero-order valence-electron chi connectivity index (χ0n) is 17.4. The third-order valence-corrected chi connectivity index (χ3v) is 4.75. The molecule has 0 aliphatic carbocycles. The SMILES string of the molecule is Cc1cc(C(=O)NCC(C)C)ccc1NC(=O)CCn1ncc(=O)c2ccccc21. The molecular weight excluding hydrogens is 380 g/mol. The molecule has 2 aromatic carbocycles. The van der Waals surface area contributed by atoms with E-state index in [9.17, 15) is 14.4 Å². The summed E-state index contributed by atoms with van der Waals surface area (Å²) in [5.41, 5.74) is 2.60. The summed E-state index contributed by atoms with van der Waals surface area (Å²) in [6.45, 7) is 6.89. The van der Waals surface area contributed by atoms with Crippen LogP contribution in [0.4, 0.5) is 5.69 Å². The summed E-state index contributed by atoms with van der Waals surface area (Å²) in [5, 5.41) is 10.5. The maximum absolute atomic E-state index is 12.4. The summed E-state index contributed by atoms with van der Waals surface area (Å²) in [4.78, 5) is 36.6. The van der Waals surface area contributed by atoms with E-state index in [0.29, 0.717) is 41.2 Å². The van der Waals surface area contributed by atoms with E-state index in [0.717, 1.165) is 5.56 Å². The highest BCUT2D eigenvalue weighted by molar-refractivity contribution is 5.96. The maximum Gasteiger partial charge on any atom is 0.251 e. The van der Waals surface area contributed by atoms with Gasteiger partial charge in [0.15, 0.2) is 0 Å². The van der Waals surface area contributed by atoms with Crippen LogP contribution in [0.1, 0.15) is 36.2 Å². The average Bonchev–Trinajstić information content (AvgIpc) is 2.73. The number of carbonyl (C=O) groups excluding carboxylic acids is 2. The first-order chi connectivity index (χ1) is 14.3. The molecule has 0 saturated heterocycles. The number of anilines is 1. The Bertz CT molecular complexity index is 1130. The molecule has 0 unspecified atom stereocenters. The van der Waals surface area contributed by atoms with Gasteiger partial charge in [-0.2, -0.15) is 5.10 Å². The van der Waals surface area contributed by atoms with Gasteiger partial charge in [0, 0.05) is 29.6 Å². The fraction of sp³-hybridized carbons (Fsp3) is 0.304. The number of aromatic nitrogens is 2. The Hall–Kier alpha value is -3.48. The Balaban J connectivity index is 1.64. The first-order valence-corrected chi connectivity index (χ1v) is 9.98. The molecule has 0 bridgehead atoms. The molecule has 0 fully saturated rings. The summed E-state index contributed by atoms with van der Waals surface area (Å²) in [5.74, 6) is 0.0865. The van der Waals surface area contributed by atoms with Crippen LogP contribution in [0.2, 0.25) is 0 Å². The van der Waals surface area contributed by atoms with Crippen LogP contribution in [-0.4, -0.2) is 28.1 Å². The van der Waals surface area contributed by atoms with Gasteiger partial charge in [-0.1, -0.05) is 26.0 Å². The zero-order valence-corrected chi connectivity index (χ0v) is 17.4. The first-order valence-electron chi connectivity index (χ1n) is 9.98. The standard InChI is InChI=1S/C23H26N4O3/c1-15(2)13-24-23(30)17-8-9-19(16(3)12-17)26-22(29)10-11-27-20-7-5-4-6-18(20)21(28)14-25-27/h4-9,12,14-15H,10-11,13H2,1-3H3,(H,24,30)(H,26,29). The number of hydrogen-bond donors (Lipinski definition) is 2. The van der Waals surface area contributed by atoms with Crippen molar-refractivity contribution in [1.29, 1.82) is 0 Å². The Morgan fingerprint density at radius 2 is 1.90 bits per heavy atom. The lowest BCUT2D eigenvalue weighted by Gasteiger charge is -2.12. The molecule has 0 aliphatic rings. The van der Waals surface area contributed by atoms with Gasteiger partial charge in [-0.3, -0.25) is 19.1 Å². The molecule has 7 nitrogen and oxygen atoms in total. The third-order valence-electron chi connectivity index (χ3n) is 4.75. The summed E-state index contributed by atoms with van der Waals surface area (Å²) < 4.78 is 1.66. The molecule has 3 rings (SSSR count). The quantitative estimate of drug-likeness (QED) is 0.630. The molecule has 0 radical (unpaired) electrons. The topological polar surface area (TPSA) is 93.1 Å². The second kappa shape index (κ2) is 9.35. The number of aryl methyl sites for hydroxylation is 2. The van der Waals surface area contributed by atoms with Gasteiger partial charge in [0.1, 0.15) is 0 Å². The van der Waals surface area contributed by atoms with Crippen LogP contribution in [0.25, 0.3) is 10.9 Å². The number of benzene rings is 2. The molecule has 1 aromatic heterocycles. The highest BCUT2D eigenvalue weighted by atomic mass is 16.2.